The molecule has 0 radical (unpaired) electrons. The summed E-state index contributed by atoms with van der Waals surface area (Å²) in [5, 5.41) is 1.36. The van der Waals surface area contributed by atoms with Crippen LogP contribution >= 0.6 is 23.2 Å². The lowest BCUT2D eigenvalue weighted by Gasteiger charge is -2.36. The molecule has 0 aromatic heterocycles. The van der Waals surface area contributed by atoms with Crippen molar-refractivity contribution in [3.05, 3.63) is 83.2 Å². The normalized spacial score (nSPS) is 15.5. The second kappa shape index (κ2) is 7.04. The number of fused-ring (bicyclic) bond motifs is 1. The van der Waals surface area contributed by atoms with E-state index in [0.717, 1.165) is 34.6 Å². The SMILES string of the molecule is C=C/C(=C\C=C/C)N1C(=C)c2c(Cl)cccc2C(Cl)=C1CC. The molecule has 2 rings (SSSR count). The Balaban J connectivity index is 2.72. The van der Waals surface area contributed by atoms with E-state index in [9.17, 15) is 0 Å². The minimum atomic E-state index is 0.648. The molecule has 1 aliphatic heterocycles. The highest BCUT2D eigenvalue weighted by Gasteiger charge is 2.28. The Labute approximate surface area is 142 Å². The van der Waals surface area contributed by atoms with Crippen molar-refractivity contribution in [1.82, 2.24) is 4.90 Å². The standard InChI is InChI=1S/C19H19Cl2N/c1-5-8-10-14(6-2)22-13(4)18-15(11-9-12-16(18)20)19(21)17(22)7-3/h5-6,8-12H,2,4,7H2,1,3H3/b8-5-,14-10+. The lowest BCUT2D eigenvalue weighted by molar-refractivity contribution is 0.595. The van der Waals surface area contributed by atoms with Gasteiger partial charge in [-0.2, -0.15) is 0 Å². The van der Waals surface area contributed by atoms with Gasteiger partial charge in [-0.1, -0.05) is 67.6 Å². The van der Waals surface area contributed by atoms with Gasteiger partial charge in [0.15, 0.2) is 0 Å². The zero-order valence-corrected chi connectivity index (χ0v) is 14.4. The van der Waals surface area contributed by atoms with Crippen LogP contribution in [0.5, 0.6) is 0 Å². The smallest absolute Gasteiger partial charge is 0.0684 e. The number of nitrogens with zero attached hydrogens (tertiary/aromatic N) is 1. The van der Waals surface area contributed by atoms with Crippen LogP contribution in [0.2, 0.25) is 5.02 Å². The molecule has 0 fully saturated rings. The molecular formula is C19H19Cl2N. The molecular weight excluding hydrogens is 313 g/mol. The van der Waals surface area contributed by atoms with Gasteiger partial charge in [-0.3, -0.25) is 0 Å². The molecule has 0 spiro atoms. The summed E-state index contributed by atoms with van der Waals surface area (Å²) in [6.07, 6.45) is 8.50. The molecule has 1 aliphatic rings. The van der Waals surface area contributed by atoms with Crippen molar-refractivity contribution in [3.8, 4) is 0 Å². The van der Waals surface area contributed by atoms with Gasteiger partial charge in [0, 0.05) is 28.2 Å². The van der Waals surface area contributed by atoms with Crippen LogP contribution in [-0.2, 0) is 0 Å². The summed E-state index contributed by atoms with van der Waals surface area (Å²) in [6.45, 7) is 12.2. The molecule has 114 valence electrons. The zero-order valence-electron chi connectivity index (χ0n) is 12.9. The molecule has 0 amide bonds. The highest BCUT2D eigenvalue weighted by molar-refractivity contribution is 6.50. The Morgan fingerprint density at radius 2 is 2.05 bits per heavy atom. The van der Waals surface area contributed by atoms with Crippen LogP contribution in [0, 0.1) is 0 Å². The molecule has 3 heteroatoms. The van der Waals surface area contributed by atoms with Gasteiger partial charge in [0.2, 0.25) is 0 Å². The fourth-order valence-corrected chi connectivity index (χ4v) is 3.24. The predicted octanol–water partition coefficient (Wildman–Crippen LogP) is 6.59. The first-order chi connectivity index (χ1) is 10.6. The predicted molar refractivity (Wildman–Crippen MR) is 98.5 cm³/mol. The van der Waals surface area contributed by atoms with Crippen molar-refractivity contribution < 1.29 is 0 Å². The van der Waals surface area contributed by atoms with Crippen molar-refractivity contribution in [2.45, 2.75) is 20.3 Å². The van der Waals surface area contributed by atoms with E-state index in [-0.39, 0.29) is 0 Å². The van der Waals surface area contributed by atoms with Crippen LogP contribution < -0.4 is 0 Å². The van der Waals surface area contributed by atoms with Gasteiger partial charge < -0.3 is 4.90 Å². The monoisotopic (exact) mass is 331 g/mol. The highest BCUT2D eigenvalue weighted by atomic mass is 35.5. The fourth-order valence-electron chi connectivity index (χ4n) is 2.58. The minimum Gasteiger partial charge on any atom is -0.313 e. The number of hydrogen-bond acceptors (Lipinski definition) is 1. The first kappa shape index (κ1) is 16.7. The van der Waals surface area contributed by atoms with Crippen molar-refractivity contribution in [2.24, 2.45) is 0 Å². The van der Waals surface area contributed by atoms with Gasteiger partial charge in [-0.25, -0.2) is 0 Å². The largest absolute Gasteiger partial charge is 0.313 e. The summed E-state index contributed by atoms with van der Waals surface area (Å²) in [5.74, 6) is 0. The maximum absolute atomic E-state index is 6.64. The molecule has 0 N–H and O–H groups in total. The van der Waals surface area contributed by atoms with E-state index in [2.05, 4.69) is 20.1 Å². The van der Waals surface area contributed by atoms with Crippen molar-refractivity contribution in [3.63, 3.8) is 0 Å². The fraction of sp³-hybridized carbons (Fsp3) is 0.158. The second-order valence-electron chi connectivity index (χ2n) is 4.88. The zero-order chi connectivity index (χ0) is 16.3. The number of halogens is 2. The highest BCUT2D eigenvalue weighted by Crippen LogP contribution is 2.45. The van der Waals surface area contributed by atoms with E-state index in [1.54, 1.807) is 6.08 Å². The van der Waals surface area contributed by atoms with Crippen molar-refractivity contribution in [1.29, 1.82) is 0 Å². The maximum Gasteiger partial charge on any atom is 0.0684 e. The van der Waals surface area contributed by atoms with Crippen LogP contribution in [0.15, 0.2) is 67.1 Å². The first-order valence-corrected chi connectivity index (χ1v) is 7.94. The van der Waals surface area contributed by atoms with Gasteiger partial charge in [0.05, 0.1) is 10.1 Å². The van der Waals surface area contributed by atoms with Crippen molar-refractivity contribution in [2.75, 3.05) is 0 Å². The first-order valence-electron chi connectivity index (χ1n) is 7.19. The van der Waals surface area contributed by atoms with E-state index in [1.807, 2.05) is 48.3 Å². The Bertz CT molecular complexity index is 708. The van der Waals surface area contributed by atoms with E-state index in [1.165, 1.54) is 0 Å². The Kier molecular flexibility index (Phi) is 5.33. The molecule has 22 heavy (non-hydrogen) atoms. The Hall–Kier alpha value is -1.70. The van der Waals surface area contributed by atoms with Gasteiger partial charge in [-0.05, 0) is 31.6 Å². The molecule has 0 unspecified atom stereocenters. The Morgan fingerprint density at radius 3 is 2.64 bits per heavy atom. The van der Waals surface area contributed by atoms with E-state index >= 15 is 0 Å². The molecule has 0 bridgehead atoms. The third kappa shape index (κ3) is 2.79. The summed E-state index contributed by atoms with van der Waals surface area (Å²) < 4.78 is 0. The van der Waals surface area contributed by atoms with E-state index in [0.29, 0.717) is 10.1 Å². The second-order valence-corrected chi connectivity index (χ2v) is 5.67. The summed E-state index contributed by atoms with van der Waals surface area (Å²) in [5.41, 5.74) is 4.54. The number of hydrogen-bond donors (Lipinski definition) is 0. The quantitative estimate of drug-likeness (QED) is 0.562. The topological polar surface area (TPSA) is 3.24 Å². The van der Waals surface area contributed by atoms with Gasteiger partial charge in [0.1, 0.15) is 0 Å². The van der Waals surface area contributed by atoms with Gasteiger partial charge in [0.25, 0.3) is 0 Å². The summed E-state index contributed by atoms with van der Waals surface area (Å²) in [4.78, 5) is 2.03. The number of benzene rings is 1. The number of allylic oxidation sites excluding steroid dienone is 5. The lowest BCUT2D eigenvalue weighted by atomic mass is 9.96. The summed E-state index contributed by atoms with van der Waals surface area (Å²) in [7, 11) is 0. The van der Waals surface area contributed by atoms with Crippen molar-refractivity contribution >= 4 is 33.9 Å². The third-order valence-electron chi connectivity index (χ3n) is 3.59. The Morgan fingerprint density at radius 1 is 1.32 bits per heavy atom. The van der Waals surface area contributed by atoms with Gasteiger partial charge >= 0.3 is 0 Å². The molecule has 1 heterocycles. The molecule has 1 nitrogen and oxygen atoms in total. The molecule has 1 aromatic rings. The molecule has 0 aliphatic carbocycles. The average molecular weight is 332 g/mol. The average Bonchev–Trinajstić information content (AvgIpc) is 2.52. The molecule has 1 aromatic carbocycles. The molecule has 0 saturated carbocycles. The van der Waals surface area contributed by atoms with Crippen LogP contribution in [0.1, 0.15) is 31.4 Å². The van der Waals surface area contributed by atoms with Gasteiger partial charge in [-0.15, -0.1) is 0 Å². The van der Waals surface area contributed by atoms with Crippen LogP contribution in [-0.4, -0.2) is 4.90 Å². The van der Waals surface area contributed by atoms with Crippen LogP contribution in [0.3, 0.4) is 0 Å². The summed E-state index contributed by atoms with van der Waals surface area (Å²) >= 11 is 13.0. The van der Waals surface area contributed by atoms with Crippen LogP contribution in [0.25, 0.3) is 10.7 Å². The van der Waals surface area contributed by atoms with Crippen LogP contribution in [0.4, 0.5) is 0 Å². The number of rotatable bonds is 4. The summed E-state index contributed by atoms with van der Waals surface area (Å²) in [6, 6.07) is 5.74. The van der Waals surface area contributed by atoms with E-state index in [4.69, 9.17) is 23.2 Å². The lowest BCUT2D eigenvalue weighted by Crippen LogP contribution is -2.24. The maximum atomic E-state index is 6.64. The molecule has 0 atom stereocenters. The minimum absolute atomic E-state index is 0.648. The molecule has 0 saturated heterocycles. The third-order valence-corrected chi connectivity index (χ3v) is 4.33. The van der Waals surface area contributed by atoms with E-state index < -0.39 is 0 Å².